The molecule has 0 amide bonds. The van der Waals surface area contributed by atoms with Crippen LogP contribution in [0.15, 0.2) is 30.3 Å². The van der Waals surface area contributed by atoms with Crippen molar-refractivity contribution in [2.75, 3.05) is 0 Å². The molecule has 17 heavy (non-hydrogen) atoms. The molecule has 5 atom stereocenters. The fourth-order valence-electron chi connectivity index (χ4n) is 3.13. The van der Waals surface area contributed by atoms with Gasteiger partial charge >= 0.3 is 0 Å². The van der Waals surface area contributed by atoms with Crippen molar-refractivity contribution in [2.24, 2.45) is 5.92 Å². The van der Waals surface area contributed by atoms with E-state index in [1.54, 1.807) is 0 Å². The first-order valence-corrected chi connectivity index (χ1v) is 6.34. The average Bonchev–Trinajstić information content (AvgIpc) is 2.83. The topological polar surface area (TPSA) is 49.7 Å². The van der Waals surface area contributed by atoms with Gasteiger partial charge in [0.2, 0.25) is 0 Å². The van der Waals surface area contributed by atoms with Crippen LogP contribution in [0.1, 0.15) is 30.9 Å². The minimum absolute atomic E-state index is 0.110. The summed E-state index contributed by atoms with van der Waals surface area (Å²) in [5.41, 5.74) is 0.949. The number of fused-ring (bicyclic) bond motifs is 1. The highest BCUT2D eigenvalue weighted by Crippen LogP contribution is 2.42. The van der Waals surface area contributed by atoms with Gasteiger partial charge in [-0.05, 0) is 18.4 Å². The molecule has 1 saturated carbocycles. The van der Waals surface area contributed by atoms with Gasteiger partial charge in [-0.2, -0.15) is 0 Å². The number of ether oxygens (including phenoxy) is 1. The smallest absolute Gasteiger partial charge is 0.111 e. The van der Waals surface area contributed by atoms with Gasteiger partial charge in [-0.1, -0.05) is 36.8 Å². The lowest BCUT2D eigenvalue weighted by atomic mass is 9.86. The molecular weight excluding hydrogens is 216 g/mol. The third kappa shape index (κ3) is 1.88. The average molecular weight is 234 g/mol. The predicted octanol–water partition coefficient (Wildman–Crippen LogP) is 1.65. The summed E-state index contributed by atoms with van der Waals surface area (Å²) in [4.78, 5) is 0. The summed E-state index contributed by atoms with van der Waals surface area (Å²) >= 11 is 0. The Morgan fingerprint density at radius 1 is 1.00 bits per heavy atom. The molecule has 0 aromatic heterocycles. The van der Waals surface area contributed by atoms with E-state index in [9.17, 15) is 10.2 Å². The summed E-state index contributed by atoms with van der Waals surface area (Å²) < 4.78 is 5.97. The minimum atomic E-state index is -0.809. The molecule has 1 aromatic rings. The van der Waals surface area contributed by atoms with E-state index in [-0.39, 0.29) is 18.1 Å². The standard InChI is InChI=1S/C14H18O3/c15-12-10-7-4-8-11(10)17-14(13(12)16)9-5-2-1-3-6-9/h1-3,5-6,10-16H,4,7-8H2/t10-,11-,12-,13-,14+/m0/s1. The van der Waals surface area contributed by atoms with Gasteiger partial charge in [0.05, 0.1) is 12.2 Å². The first-order chi connectivity index (χ1) is 8.27. The summed E-state index contributed by atoms with van der Waals surface area (Å²) in [7, 11) is 0. The van der Waals surface area contributed by atoms with Crippen LogP contribution in [0.4, 0.5) is 0 Å². The lowest BCUT2D eigenvalue weighted by Gasteiger charge is -2.40. The summed E-state index contributed by atoms with van der Waals surface area (Å²) in [6, 6.07) is 9.68. The van der Waals surface area contributed by atoms with Crippen LogP contribution in [-0.4, -0.2) is 28.5 Å². The van der Waals surface area contributed by atoms with Gasteiger partial charge in [0, 0.05) is 5.92 Å². The molecule has 1 aliphatic carbocycles. The van der Waals surface area contributed by atoms with Gasteiger partial charge in [0.1, 0.15) is 12.2 Å². The normalized spacial score (nSPS) is 41.2. The quantitative estimate of drug-likeness (QED) is 0.776. The van der Waals surface area contributed by atoms with Crippen molar-refractivity contribution in [1.82, 2.24) is 0 Å². The van der Waals surface area contributed by atoms with Gasteiger partial charge in [-0.3, -0.25) is 0 Å². The number of aliphatic hydroxyl groups is 2. The molecule has 92 valence electrons. The third-order valence-corrected chi connectivity index (χ3v) is 4.05. The zero-order valence-electron chi connectivity index (χ0n) is 9.70. The fraction of sp³-hybridized carbons (Fsp3) is 0.571. The molecular formula is C14H18O3. The maximum atomic E-state index is 10.2. The molecule has 2 aliphatic rings. The van der Waals surface area contributed by atoms with Crippen LogP contribution in [-0.2, 0) is 4.74 Å². The second-order valence-corrected chi connectivity index (χ2v) is 5.08. The van der Waals surface area contributed by atoms with E-state index in [1.807, 2.05) is 30.3 Å². The molecule has 1 aromatic carbocycles. The molecule has 0 radical (unpaired) electrons. The van der Waals surface area contributed by atoms with Crippen molar-refractivity contribution >= 4 is 0 Å². The Bertz CT molecular complexity index is 378. The number of aliphatic hydroxyl groups excluding tert-OH is 2. The lowest BCUT2D eigenvalue weighted by molar-refractivity contribution is -0.193. The Morgan fingerprint density at radius 3 is 2.53 bits per heavy atom. The van der Waals surface area contributed by atoms with Crippen LogP contribution in [0.25, 0.3) is 0 Å². The summed E-state index contributed by atoms with van der Waals surface area (Å²) in [5, 5.41) is 20.3. The van der Waals surface area contributed by atoms with Crippen molar-refractivity contribution < 1.29 is 14.9 Å². The van der Waals surface area contributed by atoms with Crippen LogP contribution < -0.4 is 0 Å². The van der Waals surface area contributed by atoms with E-state index in [1.165, 1.54) is 0 Å². The van der Waals surface area contributed by atoms with Crippen LogP contribution in [0.3, 0.4) is 0 Å². The highest BCUT2D eigenvalue weighted by atomic mass is 16.5. The zero-order chi connectivity index (χ0) is 11.8. The molecule has 0 spiro atoms. The first kappa shape index (κ1) is 11.2. The summed E-state index contributed by atoms with van der Waals surface area (Å²) in [6.45, 7) is 0. The molecule has 1 heterocycles. The van der Waals surface area contributed by atoms with Crippen molar-refractivity contribution in [3.63, 3.8) is 0 Å². The number of rotatable bonds is 1. The van der Waals surface area contributed by atoms with Gasteiger partial charge in [0.25, 0.3) is 0 Å². The van der Waals surface area contributed by atoms with Crippen molar-refractivity contribution in [1.29, 1.82) is 0 Å². The van der Waals surface area contributed by atoms with E-state index in [0.29, 0.717) is 0 Å². The molecule has 1 aliphatic heterocycles. The van der Waals surface area contributed by atoms with Crippen molar-refractivity contribution in [2.45, 2.75) is 43.7 Å². The highest BCUT2D eigenvalue weighted by Gasteiger charge is 2.46. The van der Waals surface area contributed by atoms with Gasteiger partial charge in [0.15, 0.2) is 0 Å². The monoisotopic (exact) mass is 234 g/mol. The molecule has 0 bridgehead atoms. The minimum Gasteiger partial charge on any atom is -0.390 e. The summed E-state index contributed by atoms with van der Waals surface area (Å²) in [5.74, 6) is 0.116. The number of benzene rings is 1. The molecule has 3 rings (SSSR count). The highest BCUT2D eigenvalue weighted by molar-refractivity contribution is 5.20. The molecule has 3 heteroatoms. The number of hydrogen-bond donors (Lipinski definition) is 2. The van der Waals surface area contributed by atoms with Crippen LogP contribution in [0.5, 0.6) is 0 Å². The van der Waals surface area contributed by atoms with E-state index >= 15 is 0 Å². The Labute approximate surface area is 101 Å². The molecule has 2 fully saturated rings. The Hall–Kier alpha value is -0.900. The van der Waals surface area contributed by atoms with Crippen LogP contribution in [0, 0.1) is 5.92 Å². The Balaban J connectivity index is 1.86. The lowest BCUT2D eigenvalue weighted by Crippen LogP contribution is -2.48. The molecule has 3 nitrogen and oxygen atoms in total. The second kappa shape index (κ2) is 4.41. The molecule has 2 N–H and O–H groups in total. The Kier molecular flexibility index (Phi) is 2.90. The zero-order valence-corrected chi connectivity index (χ0v) is 9.70. The molecule has 0 unspecified atom stereocenters. The number of hydrogen-bond acceptors (Lipinski definition) is 3. The van der Waals surface area contributed by atoms with Gasteiger partial charge in [-0.15, -0.1) is 0 Å². The SMILES string of the molecule is O[C@@H]1[C@H](O)[C@@H](c2ccccc2)O[C@H]2CCC[C@H]12. The third-order valence-electron chi connectivity index (χ3n) is 4.05. The maximum absolute atomic E-state index is 10.2. The van der Waals surface area contributed by atoms with E-state index in [0.717, 1.165) is 24.8 Å². The van der Waals surface area contributed by atoms with Gasteiger partial charge in [-0.25, -0.2) is 0 Å². The second-order valence-electron chi connectivity index (χ2n) is 5.08. The predicted molar refractivity (Wildman–Crippen MR) is 63.4 cm³/mol. The fourth-order valence-corrected chi connectivity index (χ4v) is 3.13. The molecule has 1 saturated heterocycles. The largest absolute Gasteiger partial charge is 0.390 e. The van der Waals surface area contributed by atoms with E-state index in [2.05, 4.69) is 0 Å². The van der Waals surface area contributed by atoms with Crippen LogP contribution in [0.2, 0.25) is 0 Å². The van der Waals surface area contributed by atoms with Crippen molar-refractivity contribution in [3.8, 4) is 0 Å². The maximum Gasteiger partial charge on any atom is 0.111 e. The first-order valence-electron chi connectivity index (χ1n) is 6.34. The summed E-state index contributed by atoms with van der Waals surface area (Å²) in [6.07, 6.45) is 1.31. The van der Waals surface area contributed by atoms with Crippen molar-refractivity contribution in [3.05, 3.63) is 35.9 Å². The van der Waals surface area contributed by atoms with E-state index < -0.39 is 12.2 Å². The van der Waals surface area contributed by atoms with Crippen LogP contribution >= 0.6 is 0 Å². The van der Waals surface area contributed by atoms with Gasteiger partial charge < -0.3 is 14.9 Å². The van der Waals surface area contributed by atoms with E-state index in [4.69, 9.17) is 4.74 Å². The Morgan fingerprint density at radius 2 is 1.76 bits per heavy atom.